The molecule has 0 aliphatic rings. The lowest BCUT2D eigenvalue weighted by Gasteiger charge is -2.05. The fraction of sp³-hybridized carbons (Fsp3) is 0.333. The molecule has 0 atom stereocenters. The Morgan fingerprint density at radius 1 is 1.53 bits per heavy atom. The highest BCUT2D eigenvalue weighted by atomic mass is 19.1. The average molecular weight is 238 g/mol. The molecule has 5 heteroatoms. The largest absolute Gasteiger partial charge is 0.461 e. The predicted molar refractivity (Wildman–Crippen MR) is 64.5 cm³/mol. The number of halogens is 1. The highest BCUT2D eigenvalue weighted by Crippen LogP contribution is 2.15. The molecule has 17 heavy (non-hydrogen) atoms. The van der Waals surface area contributed by atoms with Crippen LogP contribution in [-0.2, 0) is 9.53 Å². The first-order valence-corrected chi connectivity index (χ1v) is 5.28. The number of benzene rings is 1. The lowest BCUT2D eigenvalue weighted by Crippen LogP contribution is -2.15. The van der Waals surface area contributed by atoms with Crippen LogP contribution in [0.15, 0.2) is 23.3 Å². The van der Waals surface area contributed by atoms with Gasteiger partial charge in [-0.15, -0.1) is 0 Å². The second kappa shape index (κ2) is 5.98. The molecular formula is C12H15FN2O2. The third-order valence-electron chi connectivity index (χ3n) is 2.04. The fourth-order valence-electron chi connectivity index (χ4n) is 1.15. The molecule has 0 saturated heterocycles. The van der Waals surface area contributed by atoms with Crippen LogP contribution in [0.1, 0.15) is 19.4 Å². The van der Waals surface area contributed by atoms with Crippen LogP contribution in [-0.4, -0.2) is 18.3 Å². The highest BCUT2D eigenvalue weighted by Gasteiger charge is 2.07. The molecule has 0 spiro atoms. The van der Waals surface area contributed by atoms with Gasteiger partial charge in [0.2, 0.25) is 0 Å². The van der Waals surface area contributed by atoms with Gasteiger partial charge in [0.25, 0.3) is 0 Å². The number of hydrazone groups is 1. The summed E-state index contributed by atoms with van der Waals surface area (Å²) in [6.45, 7) is 5.33. The van der Waals surface area contributed by atoms with Crippen LogP contribution in [0.3, 0.4) is 0 Å². The van der Waals surface area contributed by atoms with E-state index in [1.807, 2.05) is 6.92 Å². The van der Waals surface area contributed by atoms with Crippen molar-refractivity contribution in [2.24, 2.45) is 5.10 Å². The van der Waals surface area contributed by atoms with E-state index in [-0.39, 0.29) is 18.0 Å². The Labute approximate surface area is 99.5 Å². The van der Waals surface area contributed by atoms with Crippen LogP contribution in [0.25, 0.3) is 0 Å². The number of aryl methyl sites for hydroxylation is 1. The second-order valence-electron chi connectivity index (χ2n) is 3.51. The summed E-state index contributed by atoms with van der Waals surface area (Å²) >= 11 is 0. The molecule has 0 radical (unpaired) electrons. The van der Waals surface area contributed by atoms with Crippen molar-refractivity contribution in [3.8, 4) is 0 Å². The number of nitrogens with zero attached hydrogens (tertiary/aromatic N) is 1. The van der Waals surface area contributed by atoms with Gasteiger partial charge >= 0.3 is 5.97 Å². The quantitative estimate of drug-likeness (QED) is 0.498. The highest BCUT2D eigenvalue weighted by molar-refractivity contribution is 6.35. The number of hydrogen-bond acceptors (Lipinski definition) is 4. The van der Waals surface area contributed by atoms with Crippen LogP contribution in [0.2, 0.25) is 0 Å². The summed E-state index contributed by atoms with van der Waals surface area (Å²) in [5.74, 6) is -0.941. The maximum absolute atomic E-state index is 13.3. The van der Waals surface area contributed by atoms with E-state index < -0.39 is 11.8 Å². The average Bonchev–Trinajstić information content (AvgIpc) is 2.30. The summed E-state index contributed by atoms with van der Waals surface area (Å²) in [4.78, 5) is 11.2. The number of esters is 1. The van der Waals surface area contributed by atoms with Crippen molar-refractivity contribution in [3.63, 3.8) is 0 Å². The number of ether oxygens (including phenoxy) is 1. The Bertz CT molecular complexity index is 444. The number of rotatable bonds is 4. The van der Waals surface area contributed by atoms with E-state index in [9.17, 15) is 9.18 Å². The molecule has 4 nitrogen and oxygen atoms in total. The molecule has 1 N–H and O–H groups in total. The normalized spacial score (nSPS) is 11.2. The van der Waals surface area contributed by atoms with E-state index in [2.05, 4.69) is 10.5 Å². The van der Waals surface area contributed by atoms with Gasteiger partial charge in [-0.1, -0.05) is 6.07 Å². The van der Waals surface area contributed by atoms with Crippen LogP contribution in [0, 0.1) is 12.7 Å². The summed E-state index contributed by atoms with van der Waals surface area (Å²) in [7, 11) is 0. The summed E-state index contributed by atoms with van der Waals surface area (Å²) in [5, 5.41) is 3.77. The van der Waals surface area contributed by atoms with Crippen LogP contribution < -0.4 is 5.43 Å². The molecule has 0 amide bonds. The van der Waals surface area contributed by atoms with Crippen LogP contribution in [0.4, 0.5) is 10.1 Å². The van der Waals surface area contributed by atoms with Gasteiger partial charge in [-0.3, -0.25) is 5.43 Å². The van der Waals surface area contributed by atoms with Crippen molar-refractivity contribution in [2.45, 2.75) is 20.8 Å². The molecule has 0 fully saturated rings. The fourth-order valence-corrected chi connectivity index (χ4v) is 1.15. The van der Waals surface area contributed by atoms with Gasteiger partial charge in [0, 0.05) is 0 Å². The Balaban J connectivity index is 2.75. The van der Waals surface area contributed by atoms with Gasteiger partial charge < -0.3 is 4.74 Å². The lowest BCUT2D eigenvalue weighted by molar-refractivity contribution is -0.135. The number of hydrogen-bond donors (Lipinski definition) is 1. The van der Waals surface area contributed by atoms with Crippen molar-refractivity contribution in [1.82, 2.24) is 0 Å². The Kier molecular flexibility index (Phi) is 4.63. The zero-order valence-electron chi connectivity index (χ0n) is 10.1. The minimum absolute atomic E-state index is 0.146. The number of anilines is 1. The Morgan fingerprint density at radius 2 is 2.24 bits per heavy atom. The Morgan fingerprint density at radius 3 is 2.88 bits per heavy atom. The van der Waals surface area contributed by atoms with Gasteiger partial charge in [0.1, 0.15) is 11.5 Å². The molecule has 0 bridgehead atoms. The first-order valence-electron chi connectivity index (χ1n) is 5.28. The third-order valence-corrected chi connectivity index (χ3v) is 2.04. The van der Waals surface area contributed by atoms with Gasteiger partial charge in [0.15, 0.2) is 0 Å². The standard InChI is InChI=1S/C12H15FN2O2/c1-4-17-12(16)9(3)14-15-11-7-8(2)5-6-10(11)13/h5-7,15H,4H2,1-3H3/b14-9-. The van der Waals surface area contributed by atoms with Gasteiger partial charge in [-0.25, -0.2) is 9.18 Å². The van der Waals surface area contributed by atoms with E-state index >= 15 is 0 Å². The van der Waals surface area contributed by atoms with Crippen molar-refractivity contribution in [2.75, 3.05) is 12.0 Å². The van der Waals surface area contributed by atoms with Gasteiger partial charge in [0.05, 0.1) is 12.3 Å². The summed E-state index contributed by atoms with van der Waals surface area (Å²) in [6.07, 6.45) is 0. The zero-order chi connectivity index (χ0) is 12.8. The first kappa shape index (κ1) is 13.2. The van der Waals surface area contributed by atoms with Crippen LogP contribution >= 0.6 is 0 Å². The first-order chi connectivity index (χ1) is 8.04. The molecule has 0 aliphatic carbocycles. The maximum Gasteiger partial charge on any atom is 0.354 e. The number of nitrogens with one attached hydrogen (secondary N) is 1. The SMILES string of the molecule is CCOC(=O)/C(C)=N\Nc1cc(C)ccc1F. The Hall–Kier alpha value is -1.91. The van der Waals surface area contributed by atoms with E-state index in [1.165, 1.54) is 13.0 Å². The van der Waals surface area contributed by atoms with E-state index in [0.717, 1.165) is 5.56 Å². The summed E-state index contributed by atoms with van der Waals surface area (Å²) in [6, 6.07) is 4.60. The van der Waals surface area contributed by atoms with Crippen molar-refractivity contribution >= 4 is 17.4 Å². The zero-order valence-corrected chi connectivity index (χ0v) is 10.1. The van der Waals surface area contributed by atoms with Crippen molar-refractivity contribution < 1.29 is 13.9 Å². The number of carbonyl (C=O) groups excluding carboxylic acids is 1. The van der Waals surface area contributed by atoms with Crippen molar-refractivity contribution in [1.29, 1.82) is 0 Å². The van der Waals surface area contributed by atoms with E-state index in [4.69, 9.17) is 4.74 Å². The third kappa shape index (κ3) is 3.86. The molecule has 92 valence electrons. The molecule has 1 aromatic carbocycles. The molecule has 0 unspecified atom stereocenters. The minimum atomic E-state index is -0.520. The van der Waals surface area contributed by atoms with Crippen molar-refractivity contribution in [3.05, 3.63) is 29.6 Å². The topological polar surface area (TPSA) is 50.7 Å². The molecule has 0 aliphatic heterocycles. The smallest absolute Gasteiger partial charge is 0.354 e. The second-order valence-corrected chi connectivity index (χ2v) is 3.51. The molecule has 1 rings (SSSR count). The van der Waals surface area contributed by atoms with Crippen LogP contribution in [0.5, 0.6) is 0 Å². The molecule has 0 saturated carbocycles. The maximum atomic E-state index is 13.3. The van der Waals surface area contributed by atoms with Gasteiger partial charge in [-0.05, 0) is 38.5 Å². The van der Waals surface area contributed by atoms with E-state index in [0.29, 0.717) is 0 Å². The number of carbonyl (C=O) groups is 1. The predicted octanol–water partition coefficient (Wildman–Crippen LogP) is 2.49. The molecular weight excluding hydrogens is 223 g/mol. The lowest BCUT2D eigenvalue weighted by atomic mass is 10.2. The molecule has 1 aromatic rings. The molecule has 0 heterocycles. The molecule has 0 aromatic heterocycles. The van der Waals surface area contributed by atoms with E-state index in [1.54, 1.807) is 19.1 Å². The summed E-state index contributed by atoms with van der Waals surface area (Å²) in [5.41, 5.74) is 3.78. The summed E-state index contributed by atoms with van der Waals surface area (Å²) < 4.78 is 18.1. The minimum Gasteiger partial charge on any atom is -0.461 e. The monoisotopic (exact) mass is 238 g/mol. The van der Waals surface area contributed by atoms with Gasteiger partial charge in [-0.2, -0.15) is 5.10 Å².